The maximum atomic E-state index is 4.84. The summed E-state index contributed by atoms with van der Waals surface area (Å²) in [5, 5.41) is 4.53. The molecule has 106 valence electrons. The highest BCUT2D eigenvalue weighted by molar-refractivity contribution is 7.16. The van der Waals surface area contributed by atoms with Gasteiger partial charge in [-0.3, -0.25) is 0 Å². The summed E-state index contributed by atoms with van der Waals surface area (Å²) in [6.07, 6.45) is 1.08. The van der Waals surface area contributed by atoms with Gasteiger partial charge < -0.3 is 5.32 Å². The summed E-state index contributed by atoms with van der Waals surface area (Å²) >= 11 is 1.82. The lowest BCUT2D eigenvalue weighted by Crippen LogP contribution is -2.24. The average Bonchev–Trinajstić information content (AvgIpc) is 2.79. The van der Waals surface area contributed by atoms with Crippen molar-refractivity contribution in [2.75, 3.05) is 11.9 Å². The van der Waals surface area contributed by atoms with Crippen LogP contribution in [0.25, 0.3) is 11.3 Å². The van der Waals surface area contributed by atoms with E-state index in [0.717, 1.165) is 18.1 Å². The van der Waals surface area contributed by atoms with Gasteiger partial charge in [0.2, 0.25) is 0 Å². The number of thiazole rings is 1. The molecule has 3 rings (SSSR count). The van der Waals surface area contributed by atoms with E-state index in [2.05, 4.69) is 57.3 Å². The number of fused-ring (bicyclic) bond motifs is 3. The quantitative estimate of drug-likeness (QED) is 0.883. The van der Waals surface area contributed by atoms with E-state index in [0.29, 0.717) is 5.92 Å². The molecule has 2 nitrogen and oxygen atoms in total. The molecule has 0 atom stereocenters. The maximum Gasteiger partial charge on any atom is 0.183 e. The highest BCUT2D eigenvalue weighted by Crippen LogP contribution is 2.45. The zero-order valence-electron chi connectivity index (χ0n) is 12.7. The van der Waals surface area contributed by atoms with Gasteiger partial charge in [0, 0.05) is 17.0 Å². The molecule has 0 amide bonds. The lowest BCUT2D eigenvalue weighted by Gasteiger charge is -2.31. The van der Waals surface area contributed by atoms with Crippen LogP contribution in [0.5, 0.6) is 0 Å². The van der Waals surface area contributed by atoms with E-state index in [-0.39, 0.29) is 5.41 Å². The predicted octanol–water partition coefficient (Wildman–Crippen LogP) is 4.71. The van der Waals surface area contributed by atoms with Crippen LogP contribution < -0.4 is 5.32 Å². The van der Waals surface area contributed by atoms with E-state index in [9.17, 15) is 0 Å². The number of benzene rings is 1. The van der Waals surface area contributed by atoms with E-state index in [1.54, 1.807) is 0 Å². The summed E-state index contributed by atoms with van der Waals surface area (Å²) in [4.78, 5) is 6.25. The number of hydrogen-bond acceptors (Lipinski definition) is 3. The second-order valence-electron chi connectivity index (χ2n) is 6.67. The summed E-state index contributed by atoms with van der Waals surface area (Å²) in [5.74, 6) is 0.639. The van der Waals surface area contributed by atoms with E-state index >= 15 is 0 Å². The molecule has 0 spiro atoms. The Kier molecular flexibility index (Phi) is 3.33. The van der Waals surface area contributed by atoms with Gasteiger partial charge in [-0.25, -0.2) is 4.98 Å². The Morgan fingerprint density at radius 3 is 2.80 bits per heavy atom. The second kappa shape index (κ2) is 4.88. The minimum Gasteiger partial charge on any atom is -0.361 e. The van der Waals surface area contributed by atoms with Crippen molar-refractivity contribution in [3.63, 3.8) is 0 Å². The van der Waals surface area contributed by atoms with E-state index in [4.69, 9.17) is 4.98 Å². The Bertz CT molecular complexity index is 626. The van der Waals surface area contributed by atoms with Crippen molar-refractivity contribution in [1.82, 2.24) is 4.98 Å². The molecule has 0 fully saturated rings. The Labute approximate surface area is 125 Å². The van der Waals surface area contributed by atoms with Gasteiger partial charge >= 0.3 is 0 Å². The van der Waals surface area contributed by atoms with Crippen LogP contribution in [-0.4, -0.2) is 11.5 Å². The third kappa shape index (κ3) is 2.35. The van der Waals surface area contributed by atoms with E-state index in [1.807, 2.05) is 11.3 Å². The molecule has 0 saturated heterocycles. The Balaban J connectivity index is 2.01. The fourth-order valence-corrected chi connectivity index (χ4v) is 4.04. The Morgan fingerprint density at radius 1 is 1.30 bits per heavy atom. The summed E-state index contributed by atoms with van der Waals surface area (Å²) in [6.45, 7) is 10.1. The Morgan fingerprint density at radius 2 is 2.05 bits per heavy atom. The molecule has 1 aromatic heterocycles. The number of nitrogens with zero attached hydrogens (tertiary/aromatic N) is 1. The molecule has 0 saturated carbocycles. The van der Waals surface area contributed by atoms with Crippen molar-refractivity contribution >= 4 is 16.5 Å². The molecule has 0 radical (unpaired) electrons. The van der Waals surface area contributed by atoms with Crippen LogP contribution in [-0.2, 0) is 11.8 Å². The van der Waals surface area contributed by atoms with Crippen molar-refractivity contribution in [2.24, 2.45) is 5.92 Å². The zero-order valence-corrected chi connectivity index (χ0v) is 13.5. The summed E-state index contributed by atoms with van der Waals surface area (Å²) in [7, 11) is 0. The summed E-state index contributed by atoms with van der Waals surface area (Å²) < 4.78 is 0. The molecule has 1 aliphatic rings. The first kappa shape index (κ1) is 13.6. The zero-order chi connectivity index (χ0) is 14.3. The van der Waals surface area contributed by atoms with E-state index < -0.39 is 0 Å². The molecule has 0 bridgehead atoms. The van der Waals surface area contributed by atoms with E-state index in [1.165, 1.54) is 21.7 Å². The topological polar surface area (TPSA) is 24.9 Å². The van der Waals surface area contributed by atoms with Crippen molar-refractivity contribution in [3.05, 3.63) is 34.7 Å². The van der Waals surface area contributed by atoms with Gasteiger partial charge in [-0.05, 0) is 23.3 Å². The minimum absolute atomic E-state index is 0.200. The van der Waals surface area contributed by atoms with Crippen molar-refractivity contribution in [3.8, 4) is 11.3 Å². The predicted molar refractivity (Wildman–Crippen MR) is 87.6 cm³/mol. The highest BCUT2D eigenvalue weighted by atomic mass is 32.1. The number of anilines is 1. The van der Waals surface area contributed by atoms with Crippen LogP contribution in [0.15, 0.2) is 24.3 Å². The normalized spacial score (nSPS) is 15.8. The summed E-state index contributed by atoms with van der Waals surface area (Å²) in [5.41, 5.74) is 4.13. The number of hydrogen-bond donors (Lipinski definition) is 1. The molecule has 1 aliphatic carbocycles. The van der Waals surface area contributed by atoms with Gasteiger partial charge in [0.25, 0.3) is 0 Å². The first-order valence-electron chi connectivity index (χ1n) is 7.31. The lowest BCUT2D eigenvalue weighted by molar-refractivity contribution is 0.521. The van der Waals surface area contributed by atoms with Crippen LogP contribution >= 0.6 is 11.3 Å². The third-order valence-corrected chi connectivity index (χ3v) is 4.89. The monoisotopic (exact) mass is 286 g/mol. The maximum absolute atomic E-state index is 4.84. The second-order valence-corrected chi connectivity index (χ2v) is 7.76. The molecule has 1 N–H and O–H groups in total. The van der Waals surface area contributed by atoms with Crippen molar-refractivity contribution in [1.29, 1.82) is 0 Å². The van der Waals surface area contributed by atoms with Crippen LogP contribution in [0.1, 0.15) is 38.1 Å². The van der Waals surface area contributed by atoms with Crippen LogP contribution in [0.2, 0.25) is 0 Å². The van der Waals surface area contributed by atoms with Crippen LogP contribution in [0, 0.1) is 5.92 Å². The molecule has 3 heteroatoms. The highest BCUT2D eigenvalue weighted by Gasteiger charge is 2.33. The molecular formula is C17H22N2S. The molecule has 0 unspecified atom stereocenters. The number of aromatic nitrogens is 1. The minimum atomic E-state index is 0.200. The largest absolute Gasteiger partial charge is 0.361 e. The number of nitrogens with one attached hydrogen (secondary N) is 1. The fourth-order valence-electron chi connectivity index (χ4n) is 2.83. The van der Waals surface area contributed by atoms with Gasteiger partial charge in [0.15, 0.2) is 5.13 Å². The molecule has 1 heterocycles. The van der Waals surface area contributed by atoms with Gasteiger partial charge in [-0.1, -0.05) is 52.0 Å². The first-order chi connectivity index (χ1) is 9.47. The standard InChI is InChI=1S/C17H22N2S/c1-11(2)10-18-16-19-15-12-7-5-6-8-13(12)17(3,4)9-14(15)20-16/h5-8,11H,9-10H2,1-4H3,(H,18,19). The van der Waals surface area contributed by atoms with Crippen LogP contribution in [0.3, 0.4) is 0 Å². The molecule has 1 aromatic carbocycles. The summed E-state index contributed by atoms with van der Waals surface area (Å²) in [6, 6.07) is 8.71. The van der Waals surface area contributed by atoms with Gasteiger partial charge in [-0.15, -0.1) is 11.3 Å². The smallest absolute Gasteiger partial charge is 0.183 e. The lowest BCUT2D eigenvalue weighted by atomic mass is 9.74. The van der Waals surface area contributed by atoms with Gasteiger partial charge in [0.05, 0.1) is 5.69 Å². The van der Waals surface area contributed by atoms with Crippen molar-refractivity contribution in [2.45, 2.75) is 39.5 Å². The average molecular weight is 286 g/mol. The van der Waals surface area contributed by atoms with Crippen molar-refractivity contribution < 1.29 is 0 Å². The third-order valence-electron chi connectivity index (χ3n) is 3.87. The first-order valence-corrected chi connectivity index (χ1v) is 8.12. The molecule has 2 aromatic rings. The van der Waals surface area contributed by atoms with Gasteiger partial charge in [-0.2, -0.15) is 0 Å². The fraction of sp³-hybridized carbons (Fsp3) is 0.471. The molecular weight excluding hydrogens is 264 g/mol. The van der Waals surface area contributed by atoms with Gasteiger partial charge in [0.1, 0.15) is 0 Å². The molecule has 20 heavy (non-hydrogen) atoms. The number of rotatable bonds is 3. The van der Waals surface area contributed by atoms with Crippen LogP contribution in [0.4, 0.5) is 5.13 Å². The SMILES string of the molecule is CC(C)CNc1nc2c(s1)CC(C)(C)c1ccccc1-2. The Hall–Kier alpha value is -1.35. The molecule has 0 aliphatic heterocycles.